The Balaban J connectivity index is 1.91. The number of aryl methyl sites for hydroxylation is 1. The summed E-state index contributed by atoms with van der Waals surface area (Å²) in [6.45, 7) is 1.79. The molecule has 1 heterocycles. The molecule has 1 aromatic heterocycles. The summed E-state index contributed by atoms with van der Waals surface area (Å²) in [5.74, 6) is -1.35. The summed E-state index contributed by atoms with van der Waals surface area (Å²) in [6.07, 6.45) is 3.14. The first-order valence-corrected chi connectivity index (χ1v) is 6.98. The number of nitrogens with one attached hydrogen (secondary N) is 2. The minimum absolute atomic E-state index is 0.319. The summed E-state index contributed by atoms with van der Waals surface area (Å²) in [5, 5.41) is 23.2. The second-order valence-corrected chi connectivity index (χ2v) is 5.74. The van der Waals surface area contributed by atoms with Crippen molar-refractivity contribution in [2.24, 2.45) is 5.92 Å². The fraction of sp³-hybridized carbons (Fsp3) is 0.636. The van der Waals surface area contributed by atoms with E-state index in [4.69, 9.17) is 5.11 Å². The highest BCUT2D eigenvalue weighted by atomic mass is 32.1. The summed E-state index contributed by atoms with van der Waals surface area (Å²) in [5.41, 5.74) is 0. The predicted octanol–water partition coefficient (Wildman–Crippen LogP) is 1.61. The van der Waals surface area contributed by atoms with Gasteiger partial charge in [-0.15, -0.1) is 10.2 Å². The molecule has 0 radical (unpaired) electrons. The topological polar surface area (TPSA) is 104 Å². The van der Waals surface area contributed by atoms with Crippen LogP contribution in [0.5, 0.6) is 0 Å². The van der Waals surface area contributed by atoms with Crippen LogP contribution in [0.3, 0.4) is 0 Å². The van der Waals surface area contributed by atoms with Gasteiger partial charge in [-0.25, -0.2) is 4.79 Å². The normalized spacial score (nSPS) is 22.8. The second kappa shape index (κ2) is 5.96. The van der Waals surface area contributed by atoms with Gasteiger partial charge in [0.25, 0.3) is 0 Å². The first kappa shape index (κ1) is 13.7. The van der Waals surface area contributed by atoms with Gasteiger partial charge < -0.3 is 10.4 Å². The summed E-state index contributed by atoms with van der Waals surface area (Å²) in [7, 11) is 0. The lowest BCUT2D eigenvalue weighted by Crippen LogP contribution is -2.46. The van der Waals surface area contributed by atoms with Gasteiger partial charge in [0.1, 0.15) is 5.01 Å². The van der Waals surface area contributed by atoms with Crippen LogP contribution in [0.25, 0.3) is 0 Å². The summed E-state index contributed by atoms with van der Waals surface area (Å²) >= 11 is 1.27. The van der Waals surface area contributed by atoms with Crippen molar-refractivity contribution in [2.75, 3.05) is 5.32 Å². The molecule has 0 aliphatic heterocycles. The highest BCUT2D eigenvalue weighted by Gasteiger charge is 2.31. The second-order valence-electron chi connectivity index (χ2n) is 4.56. The molecule has 1 aliphatic rings. The number of aromatic nitrogens is 2. The molecule has 2 atom stereocenters. The van der Waals surface area contributed by atoms with Gasteiger partial charge in [0.05, 0.1) is 5.92 Å². The summed E-state index contributed by atoms with van der Waals surface area (Å²) in [6, 6.07) is -0.741. The average molecular weight is 284 g/mol. The number of aliphatic carboxylic acids is 1. The van der Waals surface area contributed by atoms with Gasteiger partial charge in [-0.2, -0.15) is 0 Å². The first-order chi connectivity index (χ1) is 9.06. The van der Waals surface area contributed by atoms with Crippen LogP contribution in [0.15, 0.2) is 0 Å². The molecule has 0 aromatic carbocycles. The van der Waals surface area contributed by atoms with Gasteiger partial charge in [0.15, 0.2) is 0 Å². The molecule has 0 saturated heterocycles. The highest BCUT2D eigenvalue weighted by Crippen LogP contribution is 2.24. The van der Waals surface area contributed by atoms with Crippen LogP contribution in [0.1, 0.15) is 30.7 Å². The fourth-order valence-corrected chi connectivity index (χ4v) is 2.83. The lowest BCUT2D eigenvalue weighted by atomic mass is 9.84. The number of carbonyl (C=O) groups is 2. The first-order valence-electron chi connectivity index (χ1n) is 6.16. The molecule has 2 amide bonds. The fourth-order valence-electron chi connectivity index (χ4n) is 2.25. The third kappa shape index (κ3) is 3.63. The van der Waals surface area contributed by atoms with Crippen molar-refractivity contribution in [1.82, 2.24) is 15.5 Å². The third-order valence-electron chi connectivity index (χ3n) is 3.15. The minimum atomic E-state index is -0.850. The molecule has 0 bridgehead atoms. The van der Waals surface area contributed by atoms with E-state index in [0.717, 1.165) is 17.8 Å². The van der Waals surface area contributed by atoms with E-state index in [1.807, 2.05) is 0 Å². The molecular weight excluding hydrogens is 268 g/mol. The van der Waals surface area contributed by atoms with Crippen LogP contribution in [0, 0.1) is 12.8 Å². The molecule has 3 N–H and O–H groups in total. The number of amides is 2. The van der Waals surface area contributed by atoms with E-state index < -0.39 is 17.9 Å². The molecule has 0 spiro atoms. The van der Waals surface area contributed by atoms with Gasteiger partial charge >= 0.3 is 12.0 Å². The lowest BCUT2D eigenvalue weighted by molar-refractivity contribution is -0.143. The van der Waals surface area contributed by atoms with Crippen LogP contribution < -0.4 is 10.6 Å². The van der Waals surface area contributed by atoms with E-state index in [1.54, 1.807) is 6.92 Å². The van der Waals surface area contributed by atoms with Gasteiger partial charge in [0.2, 0.25) is 5.13 Å². The van der Waals surface area contributed by atoms with Crippen LogP contribution in [0.4, 0.5) is 9.93 Å². The molecule has 104 valence electrons. The van der Waals surface area contributed by atoms with Crippen molar-refractivity contribution in [2.45, 2.75) is 38.6 Å². The average Bonchev–Trinajstić information content (AvgIpc) is 2.75. The lowest BCUT2D eigenvalue weighted by Gasteiger charge is -2.28. The smallest absolute Gasteiger partial charge is 0.321 e. The maximum atomic E-state index is 11.8. The number of anilines is 1. The number of carboxylic acids is 1. The van der Waals surface area contributed by atoms with Crippen LogP contribution in [0.2, 0.25) is 0 Å². The maximum Gasteiger partial charge on any atom is 0.321 e. The Labute approximate surface area is 114 Å². The number of rotatable bonds is 3. The Hall–Kier alpha value is -1.70. The molecule has 1 aromatic rings. The molecule has 8 heteroatoms. The van der Waals surface area contributed by atoms with Crippen molar-refractivity contribution >= 4 is 28.5 Å². The van der Waals surface area contributed by atoms with E-state index in [9.17, 15) is 9.59 Å². The predicted molar refractivity (Wildman–Crippen MR) is 70.2 cm³/mol. The quantitative estimate of drug-likeness (QED) is 0.782. The largest absolute Gasteiger partial charge is 0.481 e. The standard InChI is InChI=1S/C11H16N4O3S/c1-6-14-15-11(19-6)13-10(18)12-8-5-3-2-4-7(8)9(16)17/h7-8H,2-5H2,1H3,(H,16,17)(H2,12,13,15,18). The maximum absolute atomic E-state index is 11.8. The Morgan fingerprint density at radius 3 is 2.68 bits per heavy atom. The van der Waals surface area contributed by atoms with E-state index in [-0.39, 0.29) is 6.04 Å². The molecule has 2 unspecified atom stereocenters. The summed E-state index contributed by atoms with van der Waals surface area (Å²) < 4.78 is 0. The number of hydrogen-bond donors (Lipinski definition) is 3. The SMILES string of the molecule is Cc1nnc(NC(=O)NC2CCCCC2C(=O)O)s1. The van der Waals surface area contributed by atoms with E-state index in [1.165, 1.54) is 11.3 Å². The number of urea groups is 1. The zero-order valence-electron chi connectivity index (χ0n) is 10.5. The molecule has 1 aliphatic carbocycles. The Bertz CT molecular complexity index is 476. The molecule has 19 heavy (non-hydrogen) atoms. The van der Waals surface area contributed by atoms with E-state index >= 15 is 0 Å². The van der Waals surface area contributed by atoms with Crippen LogP contribution in [-0.4, -0.2) is 33.3 Å². The molecular formula is C11H16N4O3S. The van der Waals surface area contributed by atoms with Gasteiger partial charge in [-0.3, -0.25) is 10.1 Å². The summed E-state index contributed by atoms with van der Waals surface area (Å²) in [4.78, 5) is 22.9. The number of hydrogen-bond acceptors (Lipinski definition) is 5. The van der Waals surface area contributed by atoms with Crippen LogP contribution in [-0.2, 0) is 4.79 Å². The van der Waals surface area contributed by atoms with Crippen LogP contribution >= 0.6 is 11.3 Å². The Kier molecular flexibility index (Phi) is 4.31. The zero-order chi connectivity index (χ0) is 13.8. The van der Waals surface area contributed by atoms with Crippen molar-refractivity contribution in [3.8, 4) is 0 Å². The van der Waals surface area contributed by atoms with E-state index in [0.29, 0.717) is 18.0 Å². The van der Waals surface area contributed by atoms with E-state index in [2.05, 4.69) is 20.8 Å². The highest BCUT2D eigenvalue weighted by molar-refractivity contribution is 7.15. The van der Waals surface area contributed by atoms with Crippen molar-refractivity contribution in [3.63, 3.8) is 0 Å². The third-order valence-corrected chi connectivity index (χ3v) is 3.90. The monoisotopic (exact) mass is 284 g/mol. The number of carboxylic acid groups (broad SMARTS) is 1. The van der Waals surface area contributed by atoms with Crippen molar-refractivity contribution in [3.05, 3.63) is 5.01 Å². The van der Waals surface area contributed by atoms with Crippen molar-refractivity contribution < 1.29 is 14.7 Å². The Morgan fingerprint density at radius 1 is 1.32 bits per heavy atom. The zero-order valence-corrected chi connectivity index (χ0v) is 11.4. The molecule has 1 saturated carbocycles. The Morgan fingerprint density at radius 2 is 2.05 bits per heavy atom. The van der Waals surface area contributed by atoms with Gasteiger partial charge in [0, 0.05) is 6.04 Å². The van der Waals surface area contributed by atoms with Gasteiger partial charge in [-0.05, 0) is 19.8 Å². The molecule has 2 rings (SSSR count). The minimum Gasteiger partial charge on any atom is -0.481 e. The molecule has 1 fully saturated rings. The van der Waals surface area contributed by atoms with Gasteiger partial charge in [-0.1, -0.05) is 24.2 Å². The number of carbonyl (C=O) groups excluding carboxylic acids is 1. The van der Waals surface area contributed by atoms with Crippen molar-refractivity contribution in [1.29, 1.82) is 0 Å². The number of nitrogens with zero attached hydrogens (tertiary/aromatic N) is 2. The molecule has 7 nitrogen and oxygen atoms in total.